The van der Waals surface area contributed by atoms with Crippen LogP contribution in [-0.4, -0.2) is 12.1 Å². The Bertz CT molecular complexity index is 653. The van der Waals surface area contributed by atoms with Crippen LogP contribution in [0.15, 0.2) is 48.5 Å². The Hall–Kier alpha value is -3.02. The fraction of sp³-hybridized carbons (Fsp3) is 0.0667. The van der Waals surface area contributed by atoms with E-state index in [1.54, 1.807) is 24.3 Å². The summed E-state index contributed by atoms with van der Waals surface area (Å²) in [5, 5.41) is 7.83. The number of aryl methyl sites for hydroxylation is 1. The maximum Gasteiger partial charge on any atom is 0.323 e. The molecule has 0 aromatic heterocycles. The molecule has 0 aliphatic rings. The van der Waals surface area contributed by atoms with Gasteiger partial charge in [0.15, 0.2) is 0 Å². The van der Waals surface area contributed by atoms with E-state index in [9.17, 15) is 9.59 Å². The monoisotopic (exact) mass is 284 g/mol. The van der Waals surface area contributed by atoms with Crippen LogP contribution in [0.4, 0.5) is 26.7 Å². The van der Waals surface area contributed by atoms with Gasteiger partial charge in [-0.05, 0) is 37.3 Å². The average molecular weight is 284 g/mol. The molecule has 0 atom stereocenters. The Morgan fingerprint density at radius 2 is 1.43 bits per heavy atom. The summed E-state index contributed by atoms with van der Waals surface area (Å²) in [6.45, 7) is 1.97. The number of carbonyl (C=O) groups is 2. The molecule has 0 saturated heterocycles. The minimum atomic E-state index is -0.656. The first-order chi connectivity index (χ1) is 10.0. The first kappa shape index (κ1) is 14.4. The Morgan fingerprint density at radius 1 is 0.857 bits per heavy atom. The van der Waals surface area contributed by atoms with Crippen molar-refractivity contribution in [2.75, 3.05) is 16.0 Å². The lowest BCUT2D eigenvalue weighted by molar-refractivity contribution is 0.259. The summed E-state index contributed by atoms with van der Waals surface area (Å²) in [5.74, 6) is 0. The third-order valence-electron chi connectivity index (χ3n) is 2.70. The Kier molecular flexibility index (Phi) is 4.40. The second-order valence-electron chi connectivity index (χ2n) is 4.52. The molecule has 21 heavy (non-hydrogen) atoms. The first-order valence-electron chi connectivity index (χ1n) is 6.34. The van der Waals surface area contributed by atoms with E-state index in [4.69, 9.17) is 5.73 Å². The summed E-state index contributed by atoms with van der Waals surface area (Å²) in [6, 6.07) is 13.1. The fourth-order valence-electron chi connectivity index (χ4n) is 1.75. The van der Waals surface area contributed by atoms with Gasteiger partial charge in [0.25, 0.3) is 0 Å². The molecule has 0 radical (unpaired) electrons. The van der Waals surface area contributed by atoms with Gasteiger partial charge in [0.1, 0.15) is 0 Å². The predicted molar refractivity (Wildman–Crippen MR) is 83.5 cm³/mol. The molecule has 2 aromatic carbocycles. The van der Waals surface area contributed by atoms with E-state index in [2.05, 4.69) is 16.0 Å². The van der Waals surface area contributed by atoms with Crippen LogP contribution in [-0.2, 0) is 0 Å². The molecule has 6 heteroatoms. The van der Waals surface area contributed by atoms with Gasteiger partial charge in [-0.2, -0.15) is 0 Å². The summed E-state index contributed by atoms with van der Waals surface area (Å²) in [6.07, 6.45) is 0. The fourth-order valence-corrected chi connectivity index (χ4v) is 1.75. The quantitative estimate of drug-likeness (QED) is 0.696. The van der Waals surface area contributed by atoms with Crippen LogP contribution in [0.2, 0.25) is 0 Å². The zero-order valence-electron chi connectivity index (χ0n) is 11.5. The maximum absolute atomic E-state index is 11.9. The van der Waals surface area contributed by atoms with Crippen molar-refractivity contribution in [3.05, 3.63) is 54.1 Å². The molecule has 0 bridgehead atoms. The first-order valence-corrected chi connectivity index (χ1v) is 6.34. The number of benzene rings is 2. The SMILES string of the molecule is Cc1ccc(NC(=O)Nc2cccc(NC(N)=O)c2)cc1. The van der Waals surface area contributed by atoms with Gasteiger partial charge in [-0.25, -0.2) is 9.59 Å². The molecule has 0 aliphatic heterocycles. The molecule has 0 heterocycles. The van der Waals surface area contributed by atoms with E-state index < -0.39 is 6.03 Å². The molecule has 0 aliphatic carbocycles. The van der Waals surface area contributed by atoms with Crippen LogP contribution < -0.4 is 21.7 Å². The standard InChI is InChI=1S/C15H16N4O2/c1-10-5-7-11(8-6-10)18-15(21)19-13-4-2-3-12(9-13)17-14(16)20/h2-9H,1H3,(H3,16,17,20)(H2,18,19,21). The third-order valence-corrected chi connectivity index (χ3v) is 2.70. The normalized spacial score (nSPS) is 9.76. The molecule has 2 aromatic rings. The summed E-state index contributed by atoms with van der Waals surface area (Å²) in [5.41, 5.74) is 7.91. The van der Waals surface area contributed by atoms with E-state index in [1.165, 1.54) is 0 Å². The average Bonchev–Trinajstić information content (AvgIpc) is 2.41. The lowest BCUT2D eigenvalue weighted by atomic mass is 10.2. The maximum atomic E-state index is 11.9. The molecular formula is C15H16N4O2. The predicted octanol–water partition coefficient (Wildman–Crippen LogP) is 3.13. The van der Waals surface area contributed by atoms with Crippen LogP contribution in [0.25, 0.3) is 0 Å². The van der Waals surface area contributed by atoms with Crippen molar-refractivity contribution in [3.8, 4) is 0 Å². The second kappa shape index (κ2) is 6.42. The van der Waals surface area contributed by atoms with E-state index in [0.717, 1.165) is 5.56 Å². The number of hydrogen-bond donors (Lipinski definition) is 4. The molecule has 0 fully saturated rings. The minimum Gasteiger partial charge on any atom is -0.351 e. The van der Waals surface area contributed by atoms with Gasteiger partial charge in [-0.15, -0.1) is 0 Å². The summed E-state index contributed by atoms with van der Waals surface area (Å²) in [4.78, 5) is 22.6. The van der Waals surface area contributed by atoms with Crippen LogP contribution in [0.3, 0.4) is 0 Å². The van der Waals surface area contributed by atoms with Crippen LogP contribution in [0, 0.1) is 6.92 Å². The smallest absolute Gasteiger partial charge is 0.323 e. The molecule has 0 saturated carbocycles. The Morgan fingerprint density at radius 3 is 2.05 bits per heavy atom. The van der Waals surface area contributed by atoms with Crippen LogP contribution in [0.5, 0.6) is 0 Å². The summed E-state index contributed by atoms with van der Waals surface area (Å²) < 4.78 is 0. The molecule has 4 amide bonds. The van der Waals surface area contributed by atoms with Gasteiger partial charge in [0.05, 0.1) is 0 Å². The van der Waals surface area contributed by atoms with Crippen molar-refractivity contribution in [2.24, 2.45) is 5.73 Å². The molecule has 6 nitrogen and oxygen atoms in total. The highest BCUT2D eigenvalue weighted by Crippen LogP contribution is 2.15. The third kappa shape index (κ3) is 4.54. The zero-order chi connectivity index (χ0) is 15.2. The minimum absolute atomic E-state index is 0.366. The Balaban J connectivity index is 1.99. The van der Waals surface area contributed by atoms with Gasteiger partial charge in [0.2, 0.25) is 0 Å². The zero-order valence-corrected chi connectivity index (χ0v) is 11.5. The van der Waals surface area contributed by atoms with E-state index in [-0.39, 0.29) is 6.03 Å². The highest BCUT2D eigenvalue weighted by atomic mass is 16.2. The molecule has 108 valence electrons. The van der Waals surface area contributed by atoms with Crippen molar-refractivity contribution in [3.63, 3.8) is 0 Å². The van der Waals surface area contributed by atoms with E-state index in [0.29, 0.717) is 17.1 Å². The summed E-state index contributed by atoms with van der Waals surface area (Å²) in [7, 11) is 0. The number of nitrogens with one attached hydrogen (secondary N) is 3. The van der Waals surface area contributed by atoms with Gasteiger partial charge in [-0.3, -0.25) is 0 Å². The van der Waals surface area contributed by atoms with Crippen LogP contribution in [0.1, 0.15) is 5.56 Å². The largest absolute Gasteiger partial charge is 0.351 e. The number of carbonyl (C=O) groups excluding carboxylic acids is 2. The number of amides is 4. The number of primary amides is 1. The van der Waals surface area contributed by atoms with E-state index >= 15 is 0 Å². The highest BCUT2D eigenvalue weighted by Gasteiger charge is 2.04. The van der Waals surface area contributed by atoms with Crippen molar-refractivity contribution < 1.29 is 9.59 Å². The molecule has 2 rings (SSSR count). The Labute approximate surface area is 122 Å². The molecule has 0 unspecified atom stereocenters. The lowest BCUT2D eigenvalue weighted by Crippen LogP contribution is -2.21. The molecular weight excluding hydrogens is 268 g/mol. The van der Waals surface area contributed by atoms with Crippen molar-refractivity contribution in [1.29, 1.82) is 0 Å². The van der Waals surface area contributed by atoms with Crippen molar-refractivity contribution in [2.45, 2.75) is 6.92 Å². The number of rotatable bonds is 3. The lowest BCUT2D eigenvalue weighted by Gasteiger charge is -2.09. The van der Waals surface area contributed by atoms with Gasteiger partial charge < -0.3 is 21.7 Å². The van der Waals surface area contributed by atoms with Crippen molar-refractivity contribution >= 4 is 29.1 Å². The van der Waals surface area contributed by atoms with Gasteiger partial charge >= 0.3 is 12.1 Å². The van der Waals surface area contributed by atoms with E-state index in [1.807, 2.05) is 31.2 Å². The number of urea groups is 2. The van der Waals surface area contributed by atoms with Gasteiger partial charge in [0, 0.05) is 17.1 Å². The number of hydrogen-bond acceptors (Lipinski definition) is 2. The number of anilines is 3. The summed E-state index contributed by atoms with van der Waals surface area (Å²) >= 11 is 0. The second-order valence-corrected chi connectivity index (χ2v) is 4.52. The van der Waals surface area contributed by atoms with Gasteiger partial charge in [-0.1, -0.05) is 23.8 Å². The molecule has 5 N–H and O–H groups in total. The van der Waals surface area contributed by atoms with Crippen molar-refractivity contribution in [1.82, 2.24) is 0 Å². The number of nitrogens with two attached hydrogens (primary N) is 1. The molecule has 0 spiro atoms. The highest BCUT2D eigenvalue weighted by molar-refractivity contribution is 6.00. The topological polar surface area (TPSA) is 96.2 Å². The van der Waals surface area contributed by atoms with Crippen LogP contribution >= 0.6 is 0 Å².